The highest BCUT2D eigenvalue weighted by Gasteiger charge is 2.34. The minimum absolute atomic E-state index is 0.0978. The largest absolute Gasteiger partial charge is 0.489 e. The van der Waals surface area contributed by atoms with E-state index in [1.165, 1.54) is 11.8 Å². The van der Waals surface area contributed by atoms with Crippen molar-refractivity contribution in [3.8, 4) is 5.75 Å². The van der Waals surface area contributed by atoms with E-state index in [-0.39, 0.29) is 5.91 Å². The average molecular weight is 382 g/mol. The molecule has 0 saturated carbocycles. The Labute approximate surface area is 163 Å². The van der Waals surface area contributed by atoms with Crippen LogP contribution in [-0.4, -0.2) is 16.8 Å². The second kappa shape index (κ2) is 8.34. The summed E-state index contributed by atoms with van der Waals surface area (Å²) in [7, 11) is 0. The molecule has 1 aliphatic rings. The summed E-state index contributed by atoms with van der Waals surface area (Å²) in [5.74, 6) is 0.617. The third-order valence-electron chi connectivity index (χ3n) is 3.97. The standard InChI is InChI=1S/C21H19NO2S2/c1-3-13-24-18-12-8-6-10-16(18)14-19-20(23)22(21(25)26-19)17-11-7-5-9-15(17)4-2/h3,5-12,14H,1,4,13H2,2H3/b19-14-. The molecule has 0 aliphatic carbocycles. The van der Waals surface area contributed by atoms with Crippen LogP contribution in [0.5, 0.6) is 5.75 Å². The number of benzene rings is 2. The van der Waals surface area contributed by atoms with Gasteiger partial charge in [-0.2, -0.15) is 0 Å². The van der Waals surface area contributed by atoms with Gasteiger partial charge in [0.2, 0.25) is 0 Å². The lowest BCUT2D eigenvalue weighted by molar-refractivity contribution is -0.113. The van der Waals surface area contributed by atoms with Gasteiger partial charge in [0.15, 0.2) is 4.32 Å². The zero-order chi connectivity index (χ0) is 18.5. The number of thioether (sulfide) groups is 1. The first-order valence-electron chi connectivity index (χ1n) is 8.34. The van der Waals surface area contributed by atoms with Crippen LogP contribution in [0.3, 0.4) is 0 Å². The molecule has 0 spiro atoms. The molecule has 1 aliphatic heterocycles. The Balaban J connectivity index is 1.95. The van der Waals surface area contributed by atoms with Gasteiger partial charge in [0.05, 0.1) is 10.6 Å². The Bertz CT molecular complexity index is 889. The van der Waals surface area contributed by atoms with Gasteiger partial charge in [0.1, 0.15) is 12.4 Å². The van der Waals surface area contributed by atoms with Crippen molar-refractivity contribution >= 4 is 46.0 Å². The first-order valence-corrected chi connectivity index (χ1v) is 9.56. The Morgan fingerprint density at radius 1 is 1.19 bits per heavy atom. The molecule has 2 aromatic carbocycles. The molecule has 1 heterocycles. The van der Waals surface area contributed by atoms with E-state index < -0.39 is 0 Å². The number of carbonyl (C=O) groups is 1. The van der Waals surface area contributed by atoms with E-state index in [0.717, 1.165) is 23.2 Å². The lowest BCUT2D eigenvalue weighted by atomic mass is 10.1. The van der Waals surface area contributed by atoms with Crippen LogP contribution < -0.4 is 9.64 Å². The number of hydrogen-bond donors (Lipinski definition) is 0. The summed E-state index contributed by atoms with van der Waals surface area (Å²) >= 11 is 6.80. The van der Waals surface area contributed by atoms with Gasteiger partial charge in [-0.15, -0.1) is 0 Å². The number of hydrogen-bond acceptors (Lipinski definition) is 4. The first-order chi connectivity index (χ1) is 12.7. The molecule has 132 valence electrons. The van der Waals surface area contributed by atoms with Crippen LogP contribution in [0.2, 0.25) is 0 Å². The number of nitrogens with zero attached hydrogens (tertiary/aromatic N) is 1. The molecule has 26 heavy (non-hydrogen) atoms. The number of amides is 1. The third kappa shape index (κ3) is 3.74. The monoisotopic (exact) mass is 381 g/mol. The Morgan fingerprint density at radius 3 is 2.69 bits per heavy atom. The summed E-state index contributed by atoms with van der Waals surface area (Å²) in [4.78, 5) is 15.2. The number of anilines is 1. The van der Waals surface area contributed by atoms with Crippen LogP contribution in [-0.2, 0) is 11.2 Å². The number of ether oxygens (including phenoxy) is 1. The van der Waals surface area contributed by atoms with E-state index in [1.54, 1.807) is 11.0 Å². The van der Waals surface area contributed by atoms with Gasteiger partial charge in [0, 0.05) is 5.56 Å². The number of thiocarbonyl (C=S) groups is 1. The molecule has 1 amide bonds. The molecule has 0 N–H and O–H groups in total. The van der Waals surface area contributed by atoms with Gasteiger partial charge >= 0.3 is 0 Å². The molecule has 0 aromatic heterocycles. The van der Waals surface area contributed by atoms with Crippen LogP contribution >= 0.6 is 24.0 Å². The fraction of sp³-hybridized carbons (Fsp3) is 0.143. The molecule has 0 atom stereocenters. The molecule has 0 bridgehead atoms. The first kappa shape index (κ1) is 18.4. The fourth-order valence-electron chi connectivity index (χ4n) is 2.72. The lowest BCUT2D eigenvalue weighted by Crippen LogP contribution is -2.28. The van der Waals surface area contributed by atoms with E-state index in [1.807, 2.05) is 54.6 Å². The Kier molecular flexibility index (Phi) is 5.91. The Hall–Kier alpha value is -2.37. The molecule has 3 nitrogen and oxygen atoms in total. The van der Waals surface area contributed by atoms with Crippen molar-refractivity contribution in [2.45, 2.75) is 13.3 Å². The zero-order valence-electron chi connectivity index (χ0n) is 14.5. The Morgan fingerprint density at radius 2 is 1.92 bits per heavy atom. The van der Waals surface area contributed by atoms with Crippen molar-refractivity contribution in [3.63, 3.8) is 0 Å². The summed E-state index contributed by atoms with van der Waals surface area (Å²) in [5.41, 5.74) is 2.80. The van der Waals surface area contributed by atoms with Crippen molar-refractivity contribution in [1.82, 2.24) is 0 Å². The maximum Gasteiger partial charge on any atom is 0.270 e. The normalized spacial score (nSPS) is 15.6. The quantitative estimate of drug-likeness (QED) is 0.390. The third-order valence-corrected chi connectivity index (χ3v) is 5.27. The summed E-state index contributed by atoms with van der Waals surface area (Å²) in [6.07, 6.45) is 4.37. The SMILES string of the molecule is C=CCOc1ccccc1/C=C1\SC(=S)N(c2ccccc2CC)C1=O. The maximum absolute atomic E-state index is 13.0. The number of rotatable bonds is 6. The van der Waals surface area contributed by atoms with Crippen molar-refractivity contribution in [3.05, 3.63) is 77.2 Å². The minimum atomic E-state index is -0.0978. The topological polar surface area (TPSA) is 29.5 Å². The minimum Gasteiger partial charge on any atom is -0.489 e. The molecular formula is C21H19NO2S2. The van der Waals surface area contributed by atoms with E-state index in [0.29, 0.717) is 21.6 Å². The highest BCUT2D eigenvalue weighted by molar-refractivity contribution is 8.27. The molecule has 1 saturated heterocycles. The number of aryl methyl sites for hydroxylation is 1. The summed E-state index contributed by atoms with van der Waals surface area (Å²) in [6.45, 7) is 6.15. The zero-order valence-corrected chi connectivity index (χ0v) is 16.1. The number of para-hydroxylation sites is 2. The molecule has 3 rings (SSSR count). The lowest BCUT2D eigenvalue weighted by Gasteiger charge is -2.18. The summed E-state index contributed by atoms with van der Waals surface area (Å²) in [5, 5.41) is 0. The fourth-order valence-corrected chi connectivity index (χ4v) is 4.00. The van der Waals surface area contributed by atoms with Crippen LogP contribution in [0.25, 0.3) is 6.08 Å². The molecule has 0 radical (unpaired) electrons. The van der Waals surface area contributed by atoms with Crippen LogP contribution in [0, 0.1) is 0 Å². The van der Waals surface area contributed by atoms with E-state index in [9.17, 15) is 4.79 Å². The molecule has 0 unspecified atom stereocenters. The highest BCUT2D eigenvalue weighted by atomic mass is 32.2. The summed E-state index contributed by atoms with van der Waals surface area (Å²) in [6, 6.07) is 15.5. The van der Waals surface area contributed by atoms with Gasteiger partial charge < -0.3 is 4.74 Å². The molecule has 1 fully saturated rings. The van der Waals surface area contributed by atoms with Crippen LogP contribution in [0.4, 0.5) is 5.69 Å². The maximum atomic E-state index is 13.0. The number of carbonyl (C=O) groups excluding carboxylic acids is 1. The van der Waals surface area contributed by atoms with Crippen LogP contribution in [0.15, 0.2) is 66.1 Å². The molecular weight excluding hydrogens is 362 g/mol. The van der Waals surface area contributed by atoms with E-state index in [2.05, 4.69) is 13.5 Å². The van der Waals surface area contributed by atoms with E-state index in [4.69, 9.17) is 17.0 Å². The predicted molar refractivity (Wildman–Crippen MR) is 114 cm³/mol. The van der Waals surface area contributed by atoms with Gasteiger partial charge in [-0.1, -0.05) is 80.0 Å². The summed E-state index contributed by atoms with van der Waals surface area (Å²) < 4.78 is 6.22. The van der Waals surface area contributed by atoms with Crippen LogP contribution in [0.1, 0.15) is 18.1 Å². The second-order valence-electron chi connectivity index (χ2n) is 5.64. The average Bonchev–Trinajstić information content (AvgIpc) is 2.94. The van der Waals surface area contributed by atoms with Crippen molar-refractivity contribution in [2.75, 3.05) is 11.5 Å². The van der Waals surface area contributed by atoms with Gasteiger partial charge in [-0.25, -0.2) is 0 Å². The highest BCUT2D eigenvalue weighted by Crippen LogP contribution is 2.38. The smallest absolute Gasteiger partial charge is 0.270 e. The van der Waals surface area contributed by atoms with E-state index >= 15 is 0 Å². The van der Waals surface area contributed by atoms with Crippen molar-refractivity contribution < 1.29 is 9.53 Å². The molecule has 2 aromatic rings. The van der Waals surface area contributed by atoms with Crippen molar-refractivity contribution in [2.24, 2.45) is 0 Å². The van der Waals surface area contributed by atoms with Gasteiger partial charge in [-0.3, -0.25) is 9.69 Å². The molecule has 5 heteroatoms. The van der Waals surface area contributed by atoms with Crippen molar-refractivity contribution in [1.29, 1.82) is 0 Å². The van der Waals surface area contributed by atoms with Gasteiger partial charge in [-0.05, 0) is 30.2 Å². The van der Waals surface area contributed by atoms with Gasteiger partial charge in [0.25, 0.3) is 5.91 Å². The predicted octanol–water partition coefficient (Wildman–Crippen LogP) is 5.22. The second-order valence-corrected chi connectivity index (χ2v) is 7.31.